The van der Waals surface area contributed by atoms with Crippen LogP contribution >= 0.6 is 0 Å². The Balaban J connectivity index is 1.67. The number of hydrogen-bond donors (Lipinski definition) is 1. The van der Waals surface area contributed by atoms with Crippen LogP contribution in [0.25, 0.3) is 22.6 Å². The molecule has 0 bridgehead atoms. The summed E-state index contributed by atoms with van der Waals surface area (Å²) in [5, 5.41) is 14.1. The van der Waals surface area contributed by atoms with Crippen molar-refractivity contribution in [2.75, 3.05) is 12.4 Å². The molecule has 0 radical (unpaired) electrons. The first-order valence-electron chi connectivity index (χ1n) is 9.89. The normalized spacial score (nSPS) is 10.9. The standard InChI is InChI=1S/C24H21N3O5/c1-13-9-15(3)22-19(10-13)26-24(32-22)17-6-5-14(2)18(11-17)25-23(28)16-7-8-21(31-4)20(12-16)27(29)30/h5-12H,1-4H3,(H,25,28). The van der Waals surface area contributed by atoms with E-state index in [4.69, 9.17) is 9.15 Å². The maximum absolute atomic E-state index is 12.8. The van der Waals surface area contributed by atoms with E-state index in [1.165, 1.54) is 25.3 Å². The summed E-state index contributed by atoms with van der Waals surface area (Å²) in [7, 11) is 1.34. The first-order valence-corrected chi connectivity index (χ1v) is 9.89. The van der Waals surface area contributed by atoms with E-state index in [-0.39, 0.29) is 17.0 Å². The van der Waals surface area contributed by atoms with Gasteiger partial charge in [-0.2, -0.15) is 0 Å². The third-order valence-electron chi connectivity index (χ3n) is 5.19. The first-order chi connectivity index (χ1) is 15.3. The van der Waals surface area contributed by atoms with Crippen molar-refractivity contribution in [2.24, 2.45) is 0 Å². The number of amides is 1. The average molecular weight is 431 g/mol. The van der Waals surface area contributed by atoms with Crippen LogP contribution < -0.4 is 10.1 Å². The van der Waals surface area contributed by atoms with Gasteiger partial charge in [-0.15, -0.1) is 0 Å². The third kappa shape index (κ3) is 3.90. The second-order valence-electron chi connectivity index (χ2n) is 7.58. The molecule has 1 N–H and O–H groups in total. The molecule has 0 saturated heterocycles. The van der Waals surface area contributed by atoms with E-state index in [1.54, 1.807) is 6.07 Å². The lowest BCUT2D eigenvalue weighted by atomic mass is 10.1. The number of aromatic nitrogens is 1. The molecule has 0 atom stereocenters. The number of ether oxygens (including phenoxy) is 1. The van der Waals surface area contributed by atoms with E-state index >= 15 is 0 Å². The molecule has 4 aromatic rings. The van der Waals surface area contributed by atoms with Crippen LogP contribution in [0.3, 0.4) is 0 Å². The molecule has 4 rings (SSSR count). The number of carbonyl (C=O) groups excluding carboxylic acids is 1. The number of nitro benzene ring substituents is 1. The molecule has 1 amide bonds. The van der Waals surface area contributed by atoms with Gasteiger partial charge >= 0.3 is 5.69 Å². The van der Waals surface area contributed by atoms with Crippen molar-refractivity contribution in [3.63, 3.8) is 0 Å². The summed E-state index contributed by atoms with van der Waals surface area (Å²) in [4.78, 5) is 28.1. The Morgan fingerprint density at radius 1 is 1.06 bits per heavy atom. The van der Waals surface area contributed by atoms with Crippen molar-refractivity contribution in [1.82, 2.24) is 4.98 Å². The zero-order chi connectivity index (χ0) is 23.0. The summed E-state index contributed by atoms with van der Waals surface area (Å²) in [6, 6.07) is 13.6. The number of carbonyl (C=O) groups is 1. The van der Waals surface area contributed by atoms with Gasteiger partial charge in [-0.05, 0) is 67.8 Å². The van der Waals surface area contributed by atoms with Gasteiger partial charge in [0, 0.05) is 22.9 Å². The van der Waals surface area contributed by atoms with E-state index in [0.717, 1.165) is 27.8 Å². The minimum Gasteiger partial charge on any atom is -0.490 e. The van der Waals surface area contributed by atoms with Crippen LogP contribution in [-0.2, 0) is 0 Å². The first kappa shape index (κ1) is 21.0. The van der Waals surface area contributed by atoms with E-state index < -0.39 is 10.8 Å². The zero-order valence-corrected chi connectivity index (χ0v) is 18.1. The lowest BCUT2D eigenvalue weighted by Gasteiger charge is -2.10. The van der Waals surface area contributed by atoms with Crippen LogP contribution in [0.4, 0.5) is 11.4 Å². The number of fused-ring (bicyclic) bond motifs is 1. The van der Waals surface area contributed by atoms with E-state index in [9.17, 15) is 14.9 Å². The molecule has 0 spiro atoms. The summed E-state index contributed by atoms with van der Waals surface area (Å²) in [6.07, 6.45) is 0. The third-order valence-corrected chi connectivity index (χ3v) is 5.19. The molecule has 3 aromatic carbocycles. The fourth-order valence-electron chi connectivity index (χ4n) is 3.56. The minimum absolute atomic E-state index is 0.0891. The zero-order valence-electron chi connectivity index (χ0n) is 18.1. The molecule has 0 aliphatic rings. The Labute approximate surface area is 184 Å². The number of oxazole rings is 1. The van der Waals surface area contributed by atoms with Crippen LogP contribution in [0.15, 0.2) is 52.9 Å². The van der Waals surface area contributed by atoms with Gasteiger partial charge in [0.1, 0.15) is 5.52 Å². The monoisotopic (exact) mass is 431 g/mol. The van der Waals surface area contributed by atoms with Gasteiger partial charge in [-0.3, -0.25) is 14.9 Å². The van der Waals surface area contributed by atoms with Gasteiger partial charge in [0.05, 0.1) is 12.0 Å². The highest BCUT2D eigenvalue weighted by atomic mass is 16.6. The number of rotatable bonds is 5. The second-order valence-corrected chi connectivity index (χ2v) is 7.58. The summed E-state index contributed by atoms with van der Waals surface area (Å²) in [5.41, 5.74) is 5.56. The average Bonchev–Trinajstić information content (AvgIpc) is 3.19. The molecule has 0 fully saturated rings. The number of hydrogen-bond acceptors (Lipinski definition) is 6. The van der Waals surface area contributed by atoms with Crippen molar-refractivity contribution in [3.8, 4) is 17.2 Å². The quantitative estimate of drug-likeness (QED) is 0.326. The van der Waals surface area contributed by atoms with E-state index in [2.05, 4.69) is 10.3 Å². The topological polar surface area (TPSA) is 108 Å². The van der Waals surface area contributed by atoms with Crippen LogP contribution in [0, 0.1) is 30.9 Å². The Morgan fingerprint density at radius 2 is 1.84 bits per heavy atom. The van der Waals surface area contributed by atoms with Crippen LogP contribution in [0.1, 0.15) is 27.0 Å². The van der Waals surface area contributed by atoms with Gasteiger partial charge < -0.3 is 14.5 Å². The Morgan fingerprint density at radius 3 is 2.56 bits per heavy atom. The molecule has 8 nitrogen and oxygen atoms in total. The smallest absolute Gasteiger partial charge is 0.311 e. The van der Waals surface area contributed by atoms with Gasteiger partial charge in [0.25, 0.3) is 5.91 Å². The van der Waals surface area contributed by atoms with Crippen LogP contribution in [0.5, 0.6) is 5.75 Å². The maximum Gasteiger partial charge on any atom is 0.311 e. The van der Waals surface area contributed by atoms with Gasteiger partial charge in [-0.1, -0.05) is 12.1 Å². The molecule has 1 aromatic heterocycles. The summed E-state index contributed by atoms with van der Waals surface area (Å²) in [5.74, 6) is 0.0653. The molecule has 0 saturated carbocycles. The largest absolute Gasteiger partial charge is 0.490 e. The predicted octanol–water partition coefficient (Wildman–Crippen LogP) is 5.59. The Hall–Kier alpha value is -4.20. The Kier molecular flexibility index (Phi) is 5.36. The molecule has 0 aliphatic carbocycles. The number of nitrogens with zero attached hydrogens (tertiary/aromatic N) is 2. The van der Waals surface area contributed by atoms with Gasteiger partial charge in [0.15, 0.2) is 11.3 Å². The highest BCUT2D eigenvalue weighted by Gasteiger charge is 2.19. The van der Waals surface area contributed by atoms with Gasteiger partial charge in [0.2, 0.25) is 5.89 Å². The van der Waals surface area contributed by atoms with Crippen LogP contribution in [0.2, 0.25) is 0 Å². The highest BCUT2D eigenvalue weighted by Crippen LogP contribution is 2.31. The summed E-state index contributed by atoms with van der Waals surface area (Å²) >= 11 is 0. The van der Waals surface area contributed by atoms with Crippen molar-refractivity contribution in [1.29, 1.82) is 0 Å². The fourth-order valence-corrected chi connectivity index (χ4v) is 3.56. The molecular weight excluding hydrogens is 410 g/mol. The number of benzene rings is 3. The molecule has 32 heavy (non-hydrogen) atoms. The predicted molar refractivity (Wildman–Crippen MR) is 121 cm³/mol. The SMILES string of the molecule is COc1ccc(C(=O)Nc2cc(-c3nc4cc(C)cc(C)c4o3)ccc2C)cc1[N+](=O)[O-]. The van der Waals surface area contributed by atoms with Crippen molar-refractivity contribution >= 4 is 28.4 Å². The van der Waals surface area contributed by atoms with E-state index in [1.807, 2.05) is 45.0 Å². The van der Waals surface area contributed by atoms with Crippen LogP contribution in [-0.4, -0.2) is 22.9 Å². The van der Waals surface area contributed by atoms with Crippen molar-refractivity contribution in [3.05, 3.63) is 80.9 Å². The number of methoxy groups -OCH3 is 1. The lowest BCUT2D eigenvalue weighted by molar-refractivity contribution is -0.385. The number of aryl methyl sites for hydroxylation is 3. The number of nitro groups is 1. The van der Waals surface area contributed by atoms with Crippen molar-refractivity contribution in [2.45, 2.75) is 20.8 Å². The van der Waals surface area contributed by atoms with Gasteiger partial charge in [-0.25, -0.2) is 4.98 Å². The Bertz CT molecular complexity index is 1370. The summed E-state index contributed by atoms with van der Waals surface area (Å²) in [6.45, 7) is 5.83. The highest BCUT2D eigenvalue weighted by molar-refractivity contribution is 6.05. The molecule has 0 unspecified atom stereocenters. The molecule has 1 heterocycles. The minimum atomic E-state index is -0.585. The van der Waals surface area contributed by atoms with E-state index in [0.29, 0.717) is 17.1 Å². The fraction of sp³-hybridized carbons (Fsp3) is 0.167. The lowest BCUT2D eigenvalue weighted by Crippen LogP contribution is -2.13. The molecule has 0 aliphatic heterocycles. The number of nitrogens with one attached hydrogen (secondary N) is 1. The maximum atomic E-state index is 12.8. The molecule has 162 valence electrons. The second kappa shape index (κ2) is 8.14. The molecule has 8 heteroatoms. The molecular formula is C24H21N3O5. The summed E-state index contributed by atoms with van der Waals surface area (Å²) < 4.78 is 11.0. The van der Waals surface area contributed by atoms with Crippen molar-refractivity contribution < 1.29 is 18.9 Å². The number of anilines is 1.